The third-order valence-electron chi connectivity index (χ3n) is 5.21. The van der Waals surface area contributed by atoms with Gasteiger partial charge in [0.25, 0.3) is 5.91 Å². The van der Waals surface area contributed by atoms with Crippen LogP contribution in [0.2, 0.25) is 5.15 Å². The van der Waals surface area contributed by atoms with Gasteiger partial charge in [0, 0.05) is 24.9 Å². The Morgan fingerprint density at radius 2 is 1.84 bits per heavy atom. The van der Waals surface area contributed by atoms with Crippen molar-refractivity contribution in [1.82, 2.24) is 29.9 Å². The molecule has 0 aliphatic carbocycles. The fraction of sp³-hybridized carbons (Fsp3) is 0.136. The summed E-state index contributed by atoms with van der Waals surface area (Å²) < 4.78 is 44.2. The molecule has 4 rings (SSSR count). The van der Waals surface area contributed by atoms with Gasteiger partial charge in [0.2, 0.25) is 5.95 Å². The number of carboxylic acid groups (broad SMARTS) is 1. The maximum Gasteiger partial charge on any atom is 0.413 e. The van der Waals surface area contributed by atoms with Crippen LogP contribution in [0.4, 0.5) is 29.5 Å². The highest BCUT2D eigenvalue weighted by molar-refractivity contribution is 6.29. The van der Waals surface area contributed by atoms with E-state index in [2.05, 4.69) is 30.6 Å². The molecule has 4 aromatic heterocycles. The number of hydrogen-bond acceptors (Lipinski definition) is 7. The monoisotopic (exact) mass is 532 g/mol. The standard InChI is InChI=1S/C22H16ClF3N8O3/c1-10(14-5-12(24)8-29-19(14)26)34(22(36)37)21-18(31-32-33(21)2)17-15(25)6-13(9-28-17)30-20(35)11-3-4-16(23)27-7-11/h3-10H,1-2H3,(H,30,35)(H,36,37)/t10-/m1/s1. The lowest BCUT2D eigenvalue weighted by molar-refractivity contribution is 0.102. The molecule has 0 aromatic carbocycles. The average Bonchev–Trinajstić information content (AvgIpc) is 3.21. The quantitative estimate of drug-likeness (QED) is 0.352. The zero-order chi connectivity index (χ0) is 26.9. The van der Waals surface area contributed by atoms with E-state index in [9.17, 15) is 23.5 Å². The fourth-order valence-electron chi connectivity index (χ4n) is 3.48. The van der Waals surface area contributed by atoms with Crippen LogP contribution in [0, 0.1) is 17.6 Å². The summed E-state index contributed by atoms with van der Waals surface area (Å²) in [4.78, 5) is 36.3. The molecular weight excluding hydrogens is 517 g/mol. The van der Waals surface area contributed by atoms with E-state index >= 15 is 4.39 Å². The Bertz CT molecular complexity index is 1500. The highest BCUT2D eigenvalue weighted by Crippen LogP contribution is 2.35. The van der Waals surface area contributed by atoms with Crippen molar-refractivity contribution in [2.45, 2.75) is 13.0 Å². The molecule has 0 unspecified atom stereocenters. The zero-order valence-corrected chi connectivity index (χ0v) is 19.8. The average molecular weight is 533 g/mol. The Morgan fingerprint density at radius 1 is 1.08 bits per heavy atom. The van der Waals surface area contributed by atoms with Crippen molar-refractivity contribution in [3.05, 3.63) is 76.7 Å². The predicted molar refractivity (Wildman–Crippen MR) is 124 cm³/mol. The molecule has 190 valence electrons. The molecule has 0 fully saturated rings. The topological polar surface area (TPSA) is 139 Å². The number of aryl methyl sites for hydroxylation is 1. The maximum atomic E-state index is 15.1. The molecule has 2 N–H and O–H groups in total. The molecule has 0 saturated heterocycles. The molecule has 0 radical (unpaired) electrons. The first kappa shape index (κ1) is 25.5. The van der Waals surface area contributed by atoms with E-state index < -0.39 is 41.3 Å². The number of amides is 2. The summed E-state index contributed by atoms with van der Waals surface area (Å²) in [7, 11) is 1.33. The molecule has 0 aliphatic rings. The zero-order valence-electron chi connectivity index (χ0n) is 19.0. The van der Waals surface area contributed by atoms with Crippen LogP contribution in [0.25, 0.3) is 11.4 Å². The minimum Gasteiger partial charge on any atom is -0.465 e. The van der Waals surface area contributed by atoms with Crippen LogP contribution in [-0.2, 0) is 7.05 Å². The normalized spacial score (nSPS) is 11.7. The Kier molecular flexibility index (Phi) is 7.02. The van der Waals surface area contributed by atoms with Crippen LogP contribution in [-0.4, -0.2) is 47.1 Å². The molecule has 0 aliphatic heterocycles. The molecular formula is C22H16ClF3N8O3. The van der Waals surface area contributed by atoms with Gasteiger partial charge in [0.15, 0.2) is 17.3 Å². The number of halogens is 4. The molecule has 37 heavy (non-hydrogen) atoms. The lowest BCUT2D eigenvalue weighted by Gasteiger charge is -2.27. The first-order chi connectivity index (χ1) is 17.6. The minimum absolute atomic E-state index is 0.0111. The third kappa shape index (κ3) is 5.18. The fourth-order valence-corrected chi connectivity index (χ4v) is 3.59. The van der Waals surface area contributed by atoms with E-state index in [1.165, 1.54) is 32.3 Å². The van der Waals surface area contributed by atoms with E-state index in [0.717, 1.165) is 23.0 Å². The summed E-state index contributed by atoms with van der Waals surface area (Å²) in [5.74, 6) is -3.80. The largest absolute Gasteiger partial charge is 0.465 e. The van der Waals surface area contributed by atoms with E-state index in [1.807, 2.05) is 0 Å². The number of carbonyl (C=O) groups is 2. The van der Waals surface area contributed by atoms with Crippen LogP contribution in [0.15, 0.2) is 42.9 Å². The van der Waals surface area contributed by atoms with Crippen molar-refractivity contribution in [2.24, 2.45) is 7.05 Å². The molecule has 15 heteroatoms. The SMILES string of the molecule is C[C@H](c1cc(F)cnc1F)N(C(=O)O)c1c(-c2ncc(NC(=O)c3ccc(Cl)nc3)cc2F)nnn1C. The Labute approximate surface area is 211 Å². The second-order valence-corrected chi connectivity index (χ2v) is 8.01. The number of rotatable bonds is 6. The van der Waals surface area contributed by atoms with Crippen molar-refractivity contribution in [1.29, 1.82) is 0 Å². The summed E-state index contributed by atoms with van der Waals surface area (Å²) in [5, 5.41) is 20.1. The second-order valence-electron chi connectivity index (χ2n) is 7.63. The summed E-state index contributed by atoms with van der Waals surface area (Å²) in [6.07, 6.45) is 1.43. The van der Waals surface area contributed by atoms with Crippen molar-refractivity contribution < 1.29 is 27.9 Å². The van der Waals surface area contributed by atoms with Crippen molar-refractivity contribution >= 4 is 35.1 Å². The predicted octanol–water partition coefficient (Wildman–Crippen LogP) is 4.24. The highest BCUT2D eigenvalue weighted by atomic mass is 35.5. The van der Waals surface area contributed by atoms with Gasteiger partial charge in [-0.25, -0.2) is 33.2 Å². The first-order valence-electron chi connectivity index (χ1n) is 10.4. The van der Waals surface area contributed by atoms with Gasteiger partial charge in [-0.05, 0) is 25.1 Å². The lowest BCUT2D eigenvalue weighted by atomic mass is 10.1. The smallest absolute Gasteiger partial charge is 0.413 e. The van der Waals surface area contributed by atoms with Gasteiger partial charge < -0.3 is 10.4 Å². The van der Waals surface area contributed by atoms with Gasteiger partial charge in [-0.15, -0.1) is 5.10 Å². The van der Waals surface area contributed by atoms with Gasteiger partial charge in [0.1, 0.15) is 16.7 Å². The molecule has 0 bridgehead atoms. The molecule has 1 atom stereocenters. The van der Waals surface area contributed by atoms with E-state index in [4.69, 9.17) is 11.6 Å². The molecule has 4 aromatic rings. The van der Waals surface area contributed by atoms with E-state index in [1.54, 1.807) is 0 Å². The molecule has 2 amide bonds. The molecule has 11 nitrogen and oxygen atoms in total. The van der Waals surface area contributed by atoms with Gasteiger partial charge >= 0.3 is 6.09 Å². The van der Waals surface area contributed by atoms with Crippen LogP contribution in [0.5, 0.6) is 0 Å². The van der Waals surface area contributed by atoms with Crippen molar-refractivity contribution in [2.75, 3.05) is 10.2 Å². The second kappa shape index (κ2) is 10.2. The van der Waals surface area contributed by atoms with Crippen LogP contribution < -0.4 is 10.2 Å². The summed E-state index contributed by atoms with van der Waals surface area (Å²) in [5.41, 5.74) is -0.902. The van der Waals surface area contributed by atoms with E-state index in [-0.39, 0.29) is 33.5 Å². The van der Waals surface area contributed by atoms with E-state index in [0.29, 0.717) is 11.1 Å². The minimum atomic E-state index is -1.58. The highest BCUT2D eigenvalue weighted by Gasteiger charge is 2.33. The maximum absolute atomic E-state index is 15.1. The number of aromatic nitrogens is 6. The molecule has 0 spiro atoms. The van der Waals surface area contributed by atoms with Gasteiger partial charge in [-0.3, -0.25) is 9.69 Å². The Morgan fingerprint density at radius 3 is 2.49 bits per heavy atom. The van der Waals surface area contributed by atoms with Crippen LogP contribution >= 0.6 is 11.6 Å². The van der Waals surface area contributed by atoms with Gasteiger partial charge in [0.05, 0.1) is 29.7 Å². The number of pyridine rings is 3. The molecule has 4 heterocycles. The summed E-state index contributed by atoms with van der Waals surface area (Å²) in [6, 6.07) is 3.28. The summed E-state index contributed by atoms with van der Waals surface area (Å²) in [6.45, 7) is 1.29. The summed E-state index contributed by atoms with van der Waals surface area (Å²) >= 11 is 5.70. The van der Waals surface area contributed by atoms with Crippen LogP contribution in [0.3, 0.4) is 0 Å². The number of nitrogens with zero attached hydrogens (tertiary/aromatic N) is 7. The van der Waals surface area contributed by atoms with Crippen molar-refractivity contribution in [3.8, 4) is 11.4 Å². The van der Waals surface area contributed by atoms with Crippen molar-refractivity contribution in [3.63, 3.8) is 0 Å². The number of hydrogen-bond donors (Lipinski definition) is 2. The van der Waals surface area contributed by atoms with Gasteiger partial charge in [-0.2, -0.15) is 4.39 Å². The number of anilines is 2. The van der Waals surface area contributed by atoms with Crippen LogP contribution in [0.1, 0.15) is 28.9 Å². The lowest BCUT2D eigenvalue weighted by Crippen LogP contribution is -2.35. The first-order valence-corrected chi connectivity index (χ1v) is 10.8. The Hall–Kier alpha value is -4.59. The third-order valence-corrected chi connectivity index (χ3v) is 5.44. The Balaban J connectivity index is 1.69. The number of carbonyl (C=O) groups excluding carboxylic acids is 1. The van der Waals surface area contributed by atoms with Gasteiger partial charge in [-0.1, -0.05) is 16.8 Å². The number of nitrogens with one attached hydrogen (secondary N) is 1. The molecule has 0 saturated carbocycles.